The summed E-state index contributed by atoms with van der Waals surface area (Å²) in [4.78, 5) is 9.07. The van der Waals surface area contributed by atoms with Gasteiger partial charge in [0.05, 0.1) is 5.52 Å². The predicted molar refractivity (Wildman–Crippen MR) is 63.0 cm³/mol. The van der Waals surface area contributed by atoms with Gasteiger partial charge >= 0.3 is 0 Å². The molecule has 0 radical (unpaired) electrons. The first kappa shape index (κ1) is 10.1. The average molecular weight is 200 g/mol. The Morgan fingerprint density at radius 1 is 1.33 bits per heavy atom. The molecule has 0 aromatic carbocycles. The summed E-state index contributed by atoms with van der Waals surface area (Å²) in [6.07, 6.45) is 2.80. The Bertz CT molecular complexity index is 475. The van der Waals surface area contributed by atoms with E-state index in [1.54, 1.807) is 0 Å². The second-order valence-electron chi connectivity index (χ2n) is 4.07. The molecule has 0 aliphatic rings. The standard InChI is InChI=1S/C13H16N2/c1-4-11-10-6-5-7-14-13(10)8-12(15-11)9(2)3/h5-9H,4H2,1-3H3. The fourth-order valence-electron chi connectivity index (χ4n) is 1.73. The van der Waals surface area contributed by atoms with E-state index < -0.39 is 0 Å². The van der Waals surface area contributed by atoms with Crippen LogP contribution in [0.1, 0.15) is 38.1 Å². The summed E-state index contributed by atoms with van der Waals surface area (Å²) in [5.74, 6) is 0.460. The van der Waals surface area contributed by atoms with Crippen LogP contribution < -0.4 is 0 Å². The van der Waals surface area contributed by atoms with Gasteiger partial charge in [-0.25, -0.2) is 0 Å². The van der Waals surface area contributed by atoms with E-state index in [4.69, 9.17) is 0 Å². The Morgan fingerprint density at radius 2 is 2.13 bits per heavy atom. The maximum Gasteiger partial charge on any atom is 0.0738 e. The number of rotatable bonds is 2. The van der Waals surface area contributed by atoms with Crippen LogP contribution in [0.25, 0.3) is 10.9 Å². The number of hydrogen-bond donors (Lipinski definition) is 0. The molecule has 78 valence electrons. The zero-order valence-electron chi connectivity index (χ0n) is 9.49. The first-order chi connectivity index (χ1) is 7.22. The van der Waals surface area contributed by atoms with Crippen molar-refractivity contribution >= 4 is 10.9 Å². The lowest BCUT2D eigenvalue weighted by atomic mass is 10.1. The Balaban J connectivity index is 2.71. The van der Waals surface area contributed by atoms with E-state index in [0.717, 1.165) is 23.3 Å². The topological polar surface area (TPSA) is 25.8 Å². The maximum atomic E-state index is 4.68. The fourth-order valence-corrected chi connectivity index (χ4v) is 1.73. The normalized spacial score (nSPS) is 11.2. The highest BCUT2D eigenvalue weighted by molar-refractivity contribution is 5.81. The number of fused-ring (bicyclic) bond motifs is 1. The first-order valence-corrected chi connectivity index (χ1v) is 5.47. The molecule has 0 atom stereocenters. The second-order valence-corrected chi connectivity index (χ2v) is 4.07. The molecule has 0 aliphatic heterocycles. The highest BCUT2D eigenvalue weighted by Gasteiger charge is 2.07. The van der Waals surface area contributed by atoms with Crippen molar-refractivity contribution in [1.29, 1.82) is 0 Å². The third-order valence-corrected chi connectivity index (χ3v) is 2.62. The Kier molecular flexibility index (Phi) is 2.67. The van der Waals surface area contributed by atoms with E-state index in [-0.39, 0.29) is 0 Å². The van der Waals surface area contributed by atoms with Gasteiger partial charge in [-0.1, -0.05) is 20.8 Å². The molecule has 2 rings (SSSR count). The van der Waals surface area contributed by atoms with E-state index in [1.807, 2.05) is 12.3 Å². The first-order valence-electron chi connectivity index (χ1n) is 5.47. The van der Waals surface area contributed by atoms with Crippen LogP contribution in [-0.2, 0) is 6.42 Å². The van der Waals surface area contributed by atoms with Crippen molar-refractivity contribution in [2.45, 2.75) is 33.1 Å². The molecular weight excluding hydrogens is 184 g/mol. The molecule has 0 fully saturated rings. The Labute approximate surface area is 90.4 Å². The number of aryl methyl sites for hydroxylation is 1. The third-order valence-electron chi connectivity index (χ3n) is 2.62. The molecule has 0 unspecified atom stereocenters. The van der Waals surface area contributed by atoms with E-state index in [2.05, 4.69) is 42.9 Å². The molecular formula is C13H16N2. The van der Waals surface area contributed by atoms with Gasteiger partial charge in [0.15, 0.2) is 0 Å². The molecule has 0 aliphatic carbocycles. The number of aromatic nitrogens is 2. The summed E-state index contributed by atoms with van der Waals surface area (Å²) in [6, 6.07) is 6.16. The molecule has 0 saturated carbocycles. The predicted octanol–water partition coefficient (Wildman–Crippen LogP) is 3.32. The summed E-state index contributed by atoms with van der Waals surface area (Å²) in [7, 11) is 0. The van der Waals surface area contributed by atoms with Gasteiger partial charge in [-0.15, -0.1) is 0 Å². The molecule has 2 aromatic heterocycles. The summed E-state index contributed by atoms with van der Waals surface area (Å²) >= 11 is 0. The van der Waals surface area contributed by atoms with E-state index >= 15 is 0 Å². The molecule has 2 heteroatoms. The van der Waals surface area contributed by atoms with Gasteiger partial charge in [-0.05, 0) is 30.5 Å². The third kappa shape index (κ3) is 1.84. The van der Waals surface area contributed by atoms with E-state index in [1.165, 1.54) is 5.39 Å². The maximum absolute atomic E-state index is 4.68. The summed E-state index contributed by atoms with van der Waals surface area (Å²) in [5, 5.41) is 1.18. The van der Waals surface area contributed by atoms with Crippen molar-refractivity contribution in [3.05, 3.63) is 35.8 Å². The lowest BCUT2D eigenvalue weighted by Gasteiger charge is -2.09. The van der Waals surface area contributed by atoms with Crippen LogP contribution in [0.3, 0.4) is 0 Å². The van der Waals surface area contributed by atoms with Gasteiger partial charge in [0, 0.05) is 23.0 Å². The van der Waals surface area contributed by atoms with Crippen molar-refractivity contribution in [2.75, 3.05) is 0 Å². The fraction of sp³-hybridized carbons (Fsp3) is 0.385. The van der Waals surface area contributed by atoms with Crippen molar-refractivity contribution < 1.29 is 0 Å². The zero-order valence-corrected chi connectivity index (χ0v) is 9.49. The minimum Gasteiger partial charge on any atom is -0.257 e. The minimum atomic E-state index is 0.460. The summed E-state index contributed by atoms with van der Waals surface area (Å²) < 4.78 is 0. The van der Waals surface area contributed by atoms with Gasteiger partial charge in [-0.3, -0.25) is 9.97 Å². The van der Waals surface area contributed by atoms with Gasteiger partial charge in [-0.2, -0.15) is 0 Å². The smallest absolute Gasteiger partial charge is 0.0738 e. The van der Waals surface area contributed by atoms with E-state index in [0.29, 0.717) is 5.92 Å². The van der Waals surface area contributed by atoms with E-state index in [9.17, 15) is 0 Å². The van der Waals surface area contributed by atoms with Crippen LogP contribution in [0.5, 0.6) is 0 Å². The van der Waals surface area contributed by atoms with Gasteiger partial charge in [0.1, 0.15) is 0 Å². The highest BCUT2D eigenvalue weighted by atomic mass is 14.7. The van der Waals surface area contributed by atoms with Crippen molar-refractivity contribution in [3.8, 4) is 0 Å². The zero-order chi connectivity index (χ0) is 10.8. The van der Waals surface area contributed by atoms with Crippen LogP contribution in [0.15, 0.2) is 24.4 Å². The van der Waals surface area contributed by atoms with Gasteiger partial charge in [0.2, 0.25) is 0 Å². The number of hydrogen-bond acceptors (Lipinski definition) is 2. The molecule has 0 N–H and O–H groups in total. The number of nitrogens with zero attached hydrogens (tertiary/aromatic N) is 2. The lowest BCUT2D eigenvalue weighted by Crippen LogP contribution is -1.98. The van der Waals surface area contributed by atoms with Gasteiger partial charge < -0.3 is 0 Å². The molecule has 2 nitrogen and oxygen atoms in total. The molecule has 2 heterocycles. The monoisotopic (exact) mass is 200 g/mol. The SMILES string of the molecule is CCc1nc(C(C)C)cc2ncccc12. The molecule has 15 heavy (non-hydrogen) atoms. The molecule has 2 aromatic rings. The van der Waals surface area contributed by atoms with Crippen molar-refractivity contribution in [1.82, 2.24) is 9.97 Å². The van der Waals surface area contributed by atoms with Crippen LogP contribution in [0.4, 0.5) is 0 Å². The second kappa shape index (κ2) is 3.97. The Morgan fingerprint density at radius 3 is 2.80 bits per heavy atom. The molecule has 0 saturated heterocycles. The highest BCUT2D eigenvalue weighted by Crippen LogP contribution is 2.20. The van der Waals surface area contributed by atoms with Crippen molar-refractivity contribution in [3.63, 3.8) is 0 Å². The van der Waals surface area contributed by atoms with Gasteiger partial charge in [0.25, 0.3) is 0 Å². The summed E-state index contributed by atoms with van der Waals surface area (Å²) in [6.45, 7) is 6.46. The minimum absolute atomic E-state index is 0.460. The van der Waals surface area contributed by atoms with Crippen molar-refractivity contribution in [2.24, 2.45) is 0 Å². The quantitative estimate of drug-likeness (QED) is 0.743. The molecule has 0 amide bonds. The average Bonchev–Trinajstić information content (AvgIpc) is 2.27. The van der Waals surface area contributed by atoms with Crippen LogP contribution >= 0.6 is 0 Å². The number of pyridine rings is 2. The van der Waals surface area contributed by atoms with Crippen LogP contribution in [-0.4, -0.2) is 9.97 Å². The molecule has 0 spiro atoms. The van der Waals surface area contributed by atoms with Crippen LogP contribution in [0, 0.1) is 0 Å². The summed E-state index contributed by atoms with van der Waals surface area (Å²) in [5.41, 5.74) is 3.36. The van der Waals surface area contributed by atoms with Crippen LogP contribution in [0.2, 0.25) is 0 Å². The largest absolute Gasteiger partial charge is 0.257 e. The molecule has 0 bridgehead atoms. The lowest BCUT2D eigenvalue weighted by molar-refractivity contribution is 0.811. The Hall–Kier alpha value is -1.44.